The molecule has 0 atom stereocenters. The second-order valence-electron chi connectivity index (χ2n) is 4.21. The van der Waals surface area contributed by atoms with Gasteiger partial charge in [-0.1, -0.05) is 12.1 Å². The molecule has 8 heteroatoms. The number of halogens is 3. The summed E-state index contributed by atoms with van der Waals surface area (Å²) in [6.07, 6.45) is -0.0523. The molecule has 1 amide bonds. The lowest BCUT2D eigenvalue weighted by molar-refractivity contribution is -0.274. The highest BCUT2D eigenvalue weighted by atomic mass is 19.4. The molecule has 5 nitrogen and oxygen atoms in total. The van der Waals surface area contributed by atoms with Gasteiger partial charge in [0.15, 0.2) is 0 Å². The molecule has 21 heavy (non-hydrogen) atoms. The van der Waals surface area contributed by atoms with Gasteiger partial charge in [-0.25, -0.2) is 4.98 Å². The van der Waals surface area contributed by atoms with Crippen LogP contribution >= 0.6 is 0 Å². The number of hydrogen-bond acceptors (Lipinski definition) is 3. The minimum absolute atomic E-state index is 0.0960. The molecule has 1 heterocycles. The van der Waals surface area contributed by atoms with Gasteiger partial charge < -0.3 is 14.6 Å². The maximum Gasteiger partial charge on any atom is 0.573 e. The number of alkyl halides is 3. The molecule has 0 unspecified atom stereocenters. The summed E-state index contributed by atoms with van der Waals surface area (Å²) in [5, 5.41) is 2.60. The Labute approximate surface area is 118 Å². The van der Waals surface area contributed by atoms with Crippen LogP contribution in [0, 0.1) is 0 Å². The van der Waals surface area contributed by atoms with Gasteiger partial charge in [-0.3, -0.25) is 4.79 Å². The summed E-state index contributed by atoms with van der Waals surface area (Å²) >= 11 is 0. The molecular weight excluding hydrogens is 287 g/mol. The van der Waals surface area contributed by atoms with Crippen LogP contribution in [0.5, 0.6) is 5.75 Å². The van der Waals surface area contributed by atoms with E-state index >= 15 is 0 Å². The molecule has 0 fully saturated rings. The molecule has 0 saturated carbocycles. The van der Waals surface area contributed by atoms with E-state index < -0.39 is 6.36 Å². The quantitative estimate of drug-likeness (QED) is 0.920. The van der Waals surface area contributed by atoms with Crippen molar-refractivity contribution in [1.82, 2.24) is 14.9 Å². The molecule has 0 radical (unpaired) electrons. The number of amides is 1. The van der Waals surface area contributed by atoms with E-state index in [0.717, 1.165) is 0 Å². The highest BCUT2D eigenvalue weighted by Gasteiger charge is 2.31. The van der Waals surface area contributed by atoms with Crippen LogP contribution in [0.3, 0.4) is 0 Å². The molecule has 0 aliphatic carbocycles. The van der Waals surface area contributed by atoms with E-state index in [-0.39, 0.29) is 24.7 Å². The molecule has 1 aromatic heterocycles. The number of imidazole rings is 1. The molecule has 0 aliphatic heterocycles. The lowest BCUT2D eigenvalue weighted by Gasteiger charge is -2.10. The summed E-state index contributed by atoms with van der Waals surface area (Å²) in [4.78, 5) is 15.4. The van der Waals surface area contributed by atoms with Gasteiger partial charge in [0.1, 0.15) is 12.3 Å². The summed E-state index contributed by atoms with van der Waals surface area (Å²) in [5.41, 5.74) is 0.510. The van der Waals surface area contributed by atoms with E-state index in [9.17, 15) is 18.0 Å². The standard InChI is InChI=1S/C13H12F3N3O2/c14-13(15,16)21-11-3-1-2-10(6-11)7-18-12(20)8-19-5-4-17-9-19/h1-6,9H,7-8H2,(H,18,20). The number of benzene rings is 1. The highest BCUT2D eigenvalue weighted by molar-refractivity contribution is 5.75. The molecule has 112 valence electrons. The predicted molar refractivity (Wildman–Crippen MR) is 67.2 cm³/mol. The average molecular weight is 299 g/mol. The van der Waals surface area contributed by atoms with Crippen molar-refractivity contribution in [2.24, 2.45) is 0 Å². The van der Waals surface area contributed by atoms with Crippen molar-refractivity contribution in [2.45, 2.75) is 19.5 Å². The van der Waals surface area contributed by atoms with Crippen LogP contribution in [0.25, 0.3) is 0 Å². The van der Waals surface area contributed by atoms with Crippen molar-refractivity contribution in [1.29, 1.82) is 0 Å². The van der Waals surface area contributed by atoms with Gasteiger partial charge in [0, 0.05) is 18.9 Å². The van der Waals surface area contributed by atoms with E-state index in [1.165, 1.54) is 24.5 Å². The summed E-state index contributed by atoms with van der Waals surface area (Å²) in [6.45, 7) is 0.210. The maximum absolute atomic E-state index is 12.1. The third-order valence-electron chi connectivity index (χ3n) is 2.51. The van der Waals surface area contributed by atoms with Gasteiger partial charge in [0.2, 0.25) is 5.91 Å². The first kappa shape index (κ1) is 14.9. The average Bonchev–Trinajstić information content (AvgIpc) is 2.87. The summed E-state index contributed by atoms with van der Waals surface area (Å²) < 4.78 is 41.7. The van der Waals surface area contributed by atoms with E-state index in [2.05, 4.69) is 15.0 Å². The van der Waals surface area contributed by atoms with Crippen LogP contribution in [0.2, 0.25) is 0 Å². The zero-order chi connectivity index (χ0) is 15.3. The Morgan fingerprint density at radius 3 is 2.86 bits per heavy atom. The lowest BCUT2D eigenvalue weighted by Crippen LogP contribution is -2.26. The van der Waals surface area contributed by atoms with Crippen molar-refractivity contribution in [3.05, 3.63) is 48.5 Å². The van der Waals surface area contributed by atoms with Crippen LogP contribution < -0.4 is 10.1 Å². The second-order valence-corrected chi connectivity index (χ2v) is 4.21. The zero-order valence-electron chi connectivity index (χ0n) is 10.8. The second kappa shape index (κ2) is 6.29. The lowest BCUT2D eigenvalue weighted by atomic mass is 10.2. The highest BCUT2D eigenvalue weighted by Crippen LogP contribution is 2.23. The molecule has 0 spiro atoms. The molecule has 0 bridgehead atoms. The van der Waals surface area contributed by atoms with Crippen LogP contribution in [0.4, 0.5) is 13.2 Å². The Balaban J connectivity index is 1.88. The van der Waals surface area contributed by atoms with Crippen molar-refractivity contribution >= 4 is 5.91 Å². The van der Waals surface area contributed by atoms with E-state index in [1.54, 1.807) is 23.0 Å². The van der Waals surface area contributed by atoms with Gasteiger partial charge >= 0.3 is 6.36 Å². The SMILES string of the molecule is O=C(Cn1ccnc1)NCc1cccc(OC(F)(F)F)c1. The van der Waals surface area contributed by atoms with Crippen LogP contribution in [-0.4, -0.2) is 21.8 Å². The maximum atomic E-state index is 12.1. The summed E-state index contributed by atoms with van der Waals surface area (Å²) in [7, 11) is 0. The van der Waals surface area contributed by atoms with Crippen molar-refractivity contribution in [2.75, 3.05) is 0 Å². The van der Waals surface area contributed by atoms with Crippen LogP contribution in [0.1, 0.15) is 5.56 Å². The van der Waals surface area contributed by atoms with Gasteiger partial charge in [0.05, 0.1) is 6.33 Å². The minimum atomic E-state index is -4.73. The number of carbonyl (C=O) groups is 1. The van der Waals surface area contributed by atoms with Gasteiger partial charge in [-0.2, -0.15) is 0 Å². The Hall–Kier alpha value is -2.51. The predicted octanol–water partition coefficient (Wildman–Crippen LogP) is 2.10. The van der Waals surface area contributed by atoms with E-state index in [0.29, 0.717) is 5.56 Å². The molecule has 0 aliphatic rings. The number of rotatable bonds is 5. The molecule has 2 rings (SSSR count). The number of nitrogens with one attached hydrogen (secondary N) is 1. The number of nitrogens with zero attached hydrogens (tertiary/aromatic N) is 2. The van der Waals surface area contributed by atoms with Crippen LogP contribution in [-0.2, 0) is 17.9 Å². The number of carbonyl (C=O) groups excluding carboxylic acids is 1. The molecular formula is C13H12F3N3O2. The fourth-order valence-corrected chi connectivity index (χ4v) is 1.66. The smallest absolute Gasteiger partial charge is 0.406 e. The van der Waals surface area contributed by atoms with Crippen molar-refractivity contribution in [3.8, 4) is 5.75 Å². The van der Waals surface area contributed by atoms with Gasteiger partial charge in [0.25, 0.3) is 0 Å². The first-order valence-corrected chi connectivity index (χ1v) is 5.99. The number of ether oxygens (including phenoxy) is 1. The molecule has 1 aromatic carbocycles. The Kier molecular flexibility index (Phi) is 4.46. The molecule has 1 N–H and O–H groups in total. The molecule has 0 saturated heterocycles. The normalized spacial score (nSPS) is 11.2. The van der Waals surface area contributed by atoms with Crippen molar-refractivity contribution < 1.29 is 22.7 Å². The third kappa shape index (κ3) is 5.17. The van der Waals surface area contributed by atoms with E-state index in [1.807, 2.05) is 0 Å². The van der Waals surface area contributed by atoms with Crippen LogP contribution in [0.15, 0.2) is 43.0 Å². The minimum Gasteiger partial charge on any atom is -0.406 e. The number of aromatic nitrogens is 2. The monoisotopic (exact) mass is 299 g/mol. The Morgan fingerprint density at radius 1 is 1.38 bits per heavy atom. The van der Waals surface area contributed by atoms with Gasteiger partial charge in [-0.15, -0.1) is 13.2 Å². The van der Waals surface area contributed by atoms with E-state index in [4.69, 9.17) is 0 Å². The van der Waals surface area contributed by atoms with Gasteiger partial charge in [-0.05, 0) is 17.7 Å². The number of hydrogen-bond donors (Lipinski definition) is 1. The fraction of sp³-hybridized carbons (Fsp3) is 0.231. The topological polar surface area (TPSA) is 56.2 Å². The largest absolute Gasteiger partial charge is 0.573 e. The first-order valence-electron chi connectivity index (χ1n) is 5.99. The third-order valence-corrected chi connectivity index (χ3v) is 2.51. The Morgan fingerprint density at radius 2 is 2.19 bits per heavy atom. The fourth-order valence-electron chi connectivity index (χ4n) is 1.66. The van der Waals surface area contributed by atoms with Crippen molar-refractivity contribution in [3.63, 3.8) is 0 Å². The molecule has 2 aromatic rings. The zero-order valence-corrected chi connectivity index (χ0v) is 10.8. The summed E-state index contributed by atoms with van der Waals surface area (Å²) in [5.74, 6) is -0.584. The Bertz CT molecular complexity index is 597. The summed E-state index contributed by atoms with van der Waals surface area (Å²) in [6, 6.07) is 5.45. The first-order chi connectivity index (χ1) is 9.92.